The van der Waals surface area contributed by atoms with Gasteiger partial charge in [0, 0.05) is 36.8 Å². The first kappa shape index (κ1) is 21.8. The van der Waals surface area contributed by atoms with Crippen molar-refractivity contribution in [3.8, 4) is 11.5 Å². The van der Waals surface area contributed by atoms with E-state index >= 15 is 0 Å². The fraction of sp³-hybridized carbons (Fsp3) is 0.316. The Balaban J connectivity index is 0.00000338. The number of hydrogen-bond acceptors (Lipinski definition) is 5. The minimum atomic E-state index is -0.157. The van der Waals surface area contributed by atoms with Crippen molar-refractivity contribution in [1.82, 2.24) is 4.90 Å². The highest BCUT2D eigenvalue weighted by atomic mass is 35.5. The van der Waals surface area contributed by atoms with Crippen molar-refractivity contribution >= 4 is 18.3 Å². The topological polar surface area (TPSA) is 85.0 Å². The molecule has 6 nitrogen and oxygen atoms in total. The number of aliphatic hydroxyl groups excluding tert-OH is 1. The molecular weight excluding hydrogens is 356 g/mol. The van der Waals surface area contributed by atoms with Crippen LogP contribution in [0.2, 0.25) is 0 Å². The monoisotopic (exact) mass is 380 g/mol. The van der Waals surface area contributed by atoms with Gasteiger partial charge in [-0.15, -0.1) is 12.4 Å². The third-order valence-electron chi connectivity index (χ3n) is 3.95. The predicted molar refractivity (Wildman–Crippen MR) is 103 cm³/mol. The van der Waals surface area contributed by atoms with Crippen molar-refractivity contribution in [1.29, 1.82) is 0 Å². The number of hydrogen-bond donors (Lipinski definition) is 2. The molecule has 0 aliphatic carbocycles. The summed E-state index contributed by atoms with van der Waals surface area (Å²) in [5, 5.41) is 9.34. The van der Waals surface area contributed by atoms with Crippen LogP contribution in [0.25, 0.3) is 0 Å². The molecule has 0 aliphatic rings. The fourth-order valence-corrected chi connectivity index (χ4v) is 2.53. The second-order valence-corrected chi connectivity index (χ2v) is 5.53. The fourth-order valence-electron chi connectivity index (χ4n) is 2.53. The number of benzene rings is 2. The highest BCUT2D eigenvalue weighted by Gasteiger charge is 2.18. The maximum atomic E-state index is 12.8. The van der Waals surface area contributed by atoms with Gasteiger partial charge in [0.2, 0.25) is 0 Å². The van der Waals surface area contributed by atoms with Crippen molar-refractivity contribution in [2.45, 2.75) is 13.1 Å². The number of amides is 1. The van der Waals surface area contributed by atoms with Crippen molar-refractivity contribution in [3.63, 3.8) is 0 Å². The molecule has 0 spiro atoms. The highest BCUT2D eigenvalue weighted by Crippen LogP contribution is 2.26. The summed E-state index contributed by atoms with van der Waals surface area (Å²) < 4.78 is 10.6. The van der Waals surface area contributed by atoms with Gasteiger partial charge in [0.25, 0.3) is 5.91 Å². The van der Waals surface area contributed by atoms with Crippen LogP contribution in [0.4, 0.5) is 0 Å². The maximum Gasteiger partial charge on any atom is 0.254 e. The SMILES string of the molecule is COc1ccc(CN(CCO)C(=O)c2ccc(CN)cc2)c(OC)c1.Cl. The Morgan fingerprint density at radius 1 is 1.12 bits per heavy atom. The van der Waals surface area contributed by atoms with Gasteiger partial charge in [-0.05, 0) is 29.8 Å². The molecule has 0 atom stereocenters. The van der Waals surface area contributed by atoms with E-state index in [2.05, 4.69) is 0 Å². The average molecular weight is 381 g/mol. The number of aliphatic hydroxyl groups is 1. The van der Waals surface area contributed by atoms with Gasteiger partial charge in [-0.2, -0.15) is 0 Å². The van der Waals surface area contributed by atoms with Gasteiger partial charge >= 0.3 is 0 Å². The molecule has 0 saturated carbocycles. The van der Waals surface area contributed by atoms with Crippen LogP contribution < -0.4 is 15.2 Å². The second-order valence-electron chi connectivity index (χ2n) is 5.53. The summed E-state index contributed by atoms with van der Waals surface area (Å²) in [6, 6.07) is 12.6. The molecule has 1 amide bonds. The molecule has 0 fully saturated rings. The molecule has 2 aromatic carbocycles. The van der Waals surface area contributed by atoms with Crippen LogP contribution in [0.15, 0.2) is 42.5 Å². The quantitative estimate of drug-likeness (QED) is 0.733. The van der Waals surface area contributed by atoms with Gasteiger partial charge in [-0.25, -0.2) is 0 Å². The van der Waals surface area contributed by atoms with Gasteiger partial charge in [0.15, 0.2) is 0 Å². The van der Waals surface area contributed by atoms with Crippen LogP contribution >= 0.6 is 12.4 Å². The summed E-state index contributed by atoms with van der Waals surface area (Å²) >= 11 is 0. The molecule has 3 N–H and O–H groups in total. The van der Waals surface area contributed by atoms with Gasteiger partial charge in [0.1, 0.15) is 11.5 Å². The van der Waals surface area contributed by atoms with E-state index in [4.69, 9.17) is 15.2 Å². The lowest BCUT2D eigenvalue weighted by Gasteiger charge is -2.23. The Labute approximate surface area is 159 Å². The van der Waals surface area contributed by atoms with Crippen molar-refractivity contribution in [2.24, 2.45) is 5.73 Å². The second kappa shape index (κ2) is 10.7. The predicted octanol–water partition coefficient (Wildman–Crippen LogP) is 2.22. The number of rotatable bonds is 8. The first-order chi connectivity index (χ1) is 12.1. The molecule has 2 rings (SSSR count). The lowest BCUT2D eigenvalue weighted by atomic mass is 10.1. The molecule has 0 unspecified atom stereocenters. The van der Waals surface area contributed by atoms with Crippen LogP contribution in [-0.2, 0) is 13.1 Å². The Morgan fingerprint density at radius 3 is 2.35 bits per heavy atom. The molecular formula is C19H25ClN2O4. The molecule has 26 heavy (non-hydrogen) atoms. The number of carbonyl (C=O) groups excluding carboxylic acids is 1. The molecule has 0 heterocycles. The average Bonchev–Trinajstić information content (AvgIpc) is 2.67. The van der Waals surface area contributed by atoms with Crippen LogP contribution in [0.3, 0.4) is 0 Å². The highest BCUT2D eigenvalue weighted by molar-refractivity contribution is 5.94. The first-order valence-corrected chi connectivity index (χ1v) is 8.03. The summed E-state index contributed by atoms with van der Waals surface area (Å²) in [6.45, 7) is 0.862. The van der Waals surface area contributed by atoms with Crippen LogP contribution in [-0.4, -0.2) is 43.3 Å². The van der Waals surface area contributed by atoms with Crippen molar-refractivity contribution in [3.05, 3.63) is 59.2 Å². The molecule has 7 heteroatoms. The van der Waals surface area contributed by atoms with E-state index in [1.54, 1.807) is 37.3 Å². The Kier molecular flexibility index (Phi) is 8.92. The van der Waals surface area contributed by atoms with Crippen LogP contribution in [0.5, 0.6) is 11.5 Å². The lowest BCUT2D eigenvalue weighted by molar-refractivity contribution is 0.0706. The van der Waals surface area contributed by atoms with E-state index in [0.29, 0.717) is 30.2 Å². The number of halogens is 1. The number of ether oxygens (including phenoxy) is 2. The van der Waals surface area contributed by atoms with E-state index in [1.807, 2.05) is 24.3 Å². The summed E-state index contributed by atoms with van der Waals surface area (Å²) in [4.78, 5) is 14.4. The number of methoxy groups -OCH3 is 2. The molecule has 0 radical (unpaired) electrons. The van der Waals surface area contributed by atoms with E-state index in [1.165, 1.54) is 0 Å². The van der Waals surface area contributed by atoms with E-state index in [-0.39, 0.29) is 31.5 Å². The Hall–Kier alpha value is -2.28. The van der Waals surface area contributed by atoms with E-state index in [9.17, 15) is 9.90 Å². The summed E-state index contributed by atoms with van der Waals surface area (Å²) in [6.07, 6.45) is 0. The molecule has 142 valence electrons. The zero-order valence-corrected chi connectivity index (χ0v) is 15.8. The van der Waals surface area contributed by atoms with Gasteiger partial charge in [-0.1, -0.05) is 12.1 Å². The zero-order chi connectivity index (χ0) is 18.2. The summed E-state index contributed by atoms with van der Waals surface area (Å²) in [5.74, 6) is 1.15. The van der Waals surface area contributed by atoms with Crippen LogP contribution in [0, 0.1) is 0 Å². The summed E-state index contributed by atoms with van der Waals surface area (Å²) in [5.41, 5.74) is 7.94. The first-order valence-electron chi connectivity index (χ1n) is 8.03. The molecule has 0 saturated heterocycles. The van der Waals surface area contributed by atoms with Gasteiger partial charge in [0.05, 0.1) is 20.8 Å². The molecule has 2 aromatic rings. The lowest BCUT2D eigenvalue weighted by Crippen LogP contribution is -2.33. The van der Waals surface area contributed by atoms with Gasteiger partial charge in [-0.3, -0.25) is 4.79 Å². The number of nitrogens with two attached hydrogens (primary N) is 1. The largest absolute Gasteiger partial charge is 0.497 e. The minimum absolute atomic E-state index is 0. The Bertz CT molecular complexity index is 707. The third-order valence-corrected chi connectivity index (χ3v) is 3.95. The normalized spacial score (nSPS) is 10.0. The molecule has 0 bridgehead atoms. The van der Waals surface area contributed by atoms with E-state index in [0.717, 1.165) is 11.1 Å². The van der Waals surface area contributed by atoms with Gasteiger partial charge < -0.3 is 25.2 Å². The van der Waals surface area contributed by atoms with Crippen molar-refractivity contribution in [2.75, 3.05) is 27.4 Å². The minimum Gasteiger partial charge on any atom is -0.497 e. The zero-order valence-electron chi connectivity index (χ0n) is 15.0. The Morgan fingerprint density at radius 2 is 1.81 bits per heavy atom. The van der Waals surface area contributed by atoms with Crippen LogP contribution in [0.1, 0.15) is 21.5 Å². The summed E-state index contributed by atoms with van der Waals surface area (Å²) in [7, 11) is 3.16. The number of nitrogens with zero attached hydrogens (tertiary/aromatic N) is 1. The standard InChI is InChI=1S/C19H24N2O4.ClH/c1-24-17-8-7-16(18(11-17)25-2)13-21(9-10-22)19(23)15-5-3-14(12-20)4-6-15;/h3-8,11,22H,9-10,12-13,20H2,1-2H3;1H. The molecule has 0 aromatic heterocycles. The van der Waals surface area contributed by atoms with Crippen molar-refractivity contribution < 1.29 is 19.4 Å². The van der Waals surface area contributed by atoms with E-state index < -0.39 is 0 Å². The number of carbonyl (C=O) groups is 1. The third kappa shape index (κ3) is 5.36. The molecule has 0 aliphatic heterocycles. The smallest absolute Gasteiger partial charge is 0.254 e. The maximum absolute atomic E-state index is 12.8.